The van der Waals surface area contributed by atoms with Crippen LogP contribution < -0.4 is 5.48 Å². The summed E-state index contributed by atoms with van der Waals surface area (Å²) in [4.78, 5) is 16.1. The van der Waals surface area contributed by atoms with E-state index in [0.29, 0.717) is 33.0 Å². The Morgan fingerprint density at radius 2 is 1.50 bits per heavy atom. The van der Waals surface area contributed by atoms with Crippen LogP contribution in [0.2, 0.25) is 0 Å². The predicted molar refractivity (Wildman–Crippen MR) is 95.9 cm³/mol. The second-order valence-corrected chi connectivity index (χ2v) is 6.00. The van der Waals surface area contributed by atoms with Crippen molar-refractivity contribution in [2.45, 2.75) is 40.2 Å². The summed E-state index contributed by atoms with van der Waals surface area (Å²) in [6, 6.07) is 0. The van der Waals surface area contributed by atoms with E-state index in [-0.39, 0.29) is 6.61 Å². The van der Waals surface area contributed by atoms with E-state index in [1.807, 2.05) is 35.1 Å². The normalized spacial score (nSPS) is 10.6. The molecule has 0 saturated heterocycles. The highest BCUT2D eigenvalue weighted by molar-refractivity contribution is 14.2. The van der Waals surface area contributed by atoms with Gasteiger partial charge in [-0.05, 0) is 20.8 Å². The molecule has 0 aromatic heterocycles. The maximum absolute atomic E-state index is 11.2. The Hall–Kier alpha value is 0.190. The van der Waals surface area contributed by atoms with Gasteiger partial charge in [0.15, 0.2) is 0 Å². The fraction of sp³-hybridized carbons (Fsp3) is 0.923. The molecule has 0 unspecified atom stereocenters. The fourth-order valence-corrected chi connectivity index (χ4v) is 1.63. The monoisotopic (exact) mass is 453 g/mol. The quantitative estimate of drug-likeness (QED) is 0.222. The smallest absolute Gasteiger partial charge is 0.431 e. The lowest BCUT2D eigenvalue weighted by atomic mass is 10.2. The van der Waals surface area contributed by atoms with Crippen molar-refractivity contribution < 1.29 is 28.0 Å². The minimum Gasteiger partial charge on any atom is -0.442 e. The summed E-state index contributed by atoms with van der Waals surface area (Å²) < 4.78 is 20.5. The Labute approximate surface area is 149 Å². The summed E-state index contributed by atoms with van der Waals surface area (Å²) in [5.74, 6) is 0. The highest BCUT2D eigenvalue weighted by Crippen LogP contribution is 2.11. The number of nitrogens with one attached hydrogen (secondary N) is 1. The van der Waals surface area contributed by atoms with E-state index in [9.17, 15) is 4.79 Å². The lowest BCUT2D eigenvalue weighted by molar-refractivity contribution is -0.0334. The van der Waals surface area contributed by atoms with E-state index in [1.54, 1.807) is 20.8 Å². The number of hydroxylamine groups is 1. The molecule has 1 amide bonds. The van der Waals surface area contributed by atoms with Gasteiger partial charge in [0.25, 0.3) is 0 Å². The summed E-state index contributed by atoms with van der Waals surface area (Å²) in [5.41, 5.74) is 1.63. The molecule has 0 heterocycles. The number of carbonyl (C=O) groups is 1. The van der Waals surface area contributed by atoms with E-state index in [2.05, 4.69) is 5.48 Å². The molecular weight excluding hydrogens is 425 g/mol. The first kappa shape index (κ1) is 24.4. The highest BCUT2D eigenvalue weighted by atomic mass is 127. The molecule has 9 heteroatoms. The Morgan fingerprint density at radius 1 is 1.00 bits per heavy atom. The molecule has 0 saturated carbocycles. The molecule has 1 N–H and O–H groups in total. The van der Waals surface area contributed by atoms with Gasteiger partial charge in [-0.2, -0.15) is 5.48 Å². The van der Waals surface area contributed by atoms with Crippen molar-refractivity contribution in [1.82, 2.24) is 5.48 Å². The van der Waals surface area contributed by atoms with Crippen LogP contribution in [0, 0.1) is 0 Å². The van der Waals surface area contributed by atoms with Gasteiger partial charge in [0.05, 0.1) is 48.9 Å². The predicted octanol–water partition coefficient (Wildman–Crippen LogP) is 3.52. The average molecular weight is 453 g/mol. The van der Waals surface area contributed by atoms with Crippen molar-refractivity contribution >= 4 is 36.5 Å². The first-order valence-corrected chi connectivity index (χ1v) is 10.4. The average Bonchev–Trinajstić information content (AvgIpc) is 2.45. The van der Waals surface area contributed by atoms with Gasteiger partial charge in [-0.1, -0.05) is 13.8 Å². The second-order valence-electron chi connectivity index (χ2n) is 4.56. The molecule has 0 aliphatic rings. The summed E-state index contributed by atoms with van der Waals surface area (Å²) in [7, 11) is 1.28. The van der Waals surface area contributed by atoms with Crippen molar-refractivity contribution in [2.24, 2.45) is 0 Å². The van der Waals surface area contributed by atoms with Crippen LogP contribution in [-0.2, 0) is 23.2 Å². The molecule has 0 aliphatic heterocycles. The third-order valence-electron chi connectivity index (χ3n) is 1.61. The molecule has 0 radical (unpaired) electrons. The summed E-state index contributed by atoms with van der Waals surface area (Å²) >= 11 is 2.05. The van der Waals surface area contributed by atoms with Gasteiger partial charge >= 0.3 is 6.09 Å². The van der Waals surface area contributed by atoms with Gasteiger partial charge in [-0.3, -0.25) is 4.84 Å². The van der Waals surface area contributed by atoms with Gasteiger partial charge < -0.3 is 18.4 Å². The number of hydrogen-bond acceptors (Lipinski definition) is 7. The molecule has 22 heavy (non-hydrogen) atoms. The van der Waals surface area contributed by atoms with Crippen molar-refractivity contribution in [1.29, 1.82) is 0 Å². The first-order chi connectivity index (χ1) is 10.5. The van der Waals surface area contributed by atoms with Crippen LogP contribution in [-0.4, -0.2) is 51.3 Å². The largest absolute Gasteiger partial charge is 0.442 e. The van der Waals surface area contributed by atoms with E-state index in [4.69, 9.17) is 23.2 Å². The summed E-state index contributed by atoms with van der Waals surface area (Å²) in [5, 5.41) is 0. The van der Waals surface area contributed by atoms with Crippen LogP contribution in [0.3, 0.4) is 0 Å². The Kier molecular flexibility index (Phi) is 19.5. The molecule has 134 valence electrons. The van der Waals surface area contributed by atoms with E-state index < -0.39 is 11.7 Å². The summed E-state index contributed by atoms with van der Waals surface area (Å²) in [6.07, 6.45) is -0.617. The number of halogens is 1. The zero-order valence-electron chi connectivity index (χ0n) is 14.0. The van der Waals surface area contributed by atoms with E-state index in [0.717, 1.165) is 0 Å². The number of rotatable bonds is 11. The van der Waals surface area contributed by atoms with Crippen molar-refractivity contribution in [3.05, 3.63) is 0 Å². The van der Waals surface area contributed by atoms with Crippen LogP contribution in [0.4, 0.5) is 4.79 Å². The Morgan fingerprint density at radius 3 is 2.00 bits per heavy atom. The molecule has 0 fully saturated rings. The standard InChI is InChI=1S/C11H22INO6S.C2H6/c1-11(2,3)19-10(14)13-17-8-6-15-4-5-16-7-9-18-20-12;1-2/h4-9H2,1-3H3,(H,13,14);1-2H3. The third-order valence-corrected chi connectivity index (χ3v) is 2.63. The molecule has 0 aromatic carbocycles. The minimum absolute atomic E-state index is 0.244. The molecule has 0 bridgehead atoms. The minimum atomic E-state index is -0.617. The lowest BCUT2D eigenvalue weighted by Crippen LogP contribution is -2.33. The molecule has 7 nitrogen and oxygen atoms in total. The van der Waals surface area contributed by atoms with Crippen LogP contribution in [0.1, 0.15) is 34.6 Å². The SMILES string of the molecule is CC.CC(C)(C)OC(=O)NOCCOCCOCCOSI. The molecule has 0 spiro atoms. The van der Waals surface area contributed by atoms with Crippen LogP contribution in [0.15, 0.2) is 0 Å². The van der Waals surface area contributed by atoms with Crippen LogP contribution >= 0.6 is 30.4 Å². The van der Waals surface area contributed by atoms with Crippen LogP contribution in [0.25, 0.3) is 0 Å². The first-order valence-electron chi connectivity index (χ1n) is 7.12. The maximum Gasteiger partial charge on any atom is 0.431 e. The fourth-order valence-electron chi connectivity index (χ4n) is 0.956. The van der Waals surface area contributed by atoms with E-state index >= 15 is 0 Å². The maximum atomic E-state index is 11.2. The molecular formula is C13H28INO6S. The Bertz CT molecular complexity index is 253. The number of carbonyl (C=O) groups excluding carboxylic acids is 1. The zero-order chi connectivity index (χ0) is 17.3. The molecule has 0 aromatic rings. The van der Waals surface area contributed by atoms with Crippen molar-refractivity contribution in [3.8, 4) is 0 Å². The Balaban J connectivity index is 0. The van der Waals surface area contributed by atoms with Crippen LogP contribution in [0.5, 0.6) is 0 Å². The number of amides is 1. The highest BCUT2D eigenvalue weighted by Gasteiger charge is 2.15. The summed E-state index contributed by atoms with van der Waals surface area (Å²) in [6.45, 7) is 12.0. The molecule has 0 atom stereocenters. The van der Waals surface area contributed by atoms with Gasteiger partial charge in [0.2, 0.25) is 0 Å². The number of ether oxygens (including phenoxy) is 3. The van der Waals surface area contributed by atoms with E-state index in [1.165, 1.54) is 9.21 Å². The van der Waals surface area contributed by atoms with Gasteiger partial charge in [-0.15, -0.1) is 0 Å². The zero-order valence-corrected chi connectivity index (χ0v) is 17.0. The molecule has 0 rings (SSSR count). The van der Waals surface area contributed by atoms with Crippen molar-refractivity contribution in [2.75, 3.05) is 39.6 Å². The van der Waals surface area contributed by atoms with Gasteiger partial charge in [0.1, 0.15) is 5.60 Å². The topological polar surface area (TPSA) is 75.3 Å². The number of hydrogen-bond donors (Lipinski definition) is 1. The van der Waals surface area contributed by atoms with Gasteiger partial charge in [0, 0.05) is 21.2 Å². The molecule has 0 aliphatic carbocycles. The lowest BCUT2D eigenvalue weighted by Gasteiger charge is -2.19. The third kappa shape index (κ3) is 22.5. The second kappa shape index (κ2) is 17.5. The van der Waals surface area contributed by atoms with Crippen molar-refractivity contribution in [3.63, 3.8) is 0 Å². The van der Waals surface area contributed by atoms with Gasteiger partial charge in [-0.25, -0.2) is 4.79 Å².